The lowest BCUT2D eigenvalue weighted by molar-refractivity contribution is -0.176. The summed E-state index contributed by atoms with van der Waals surface area (Å²) in [7, 11) is -4.09. The van der Waals surface area contributed by atoms with E-state index in [4.69, 9.17) is 23.3 Å². The van der Waals surface area contributed by atoms with E-state index in [-0.39, 0.29) is 37.4 Å². The highest BCUT2D eigenvalue weighted by molar-refractivity contribution is 6.84. The van der Waals surface area contributed by atoms with E-state index in [1.165, 1.54) is 13.8 Å². The molecule has 37 heavy (non-hydrogen) atoms. The maximum absolute atomic E-state index is 12.1. The van der Waals surface area contributed by atoms with Crippen molar-refractivity contribution < 1.29 is 42.4 Å². The van der Waals surface area contributed by atoms with Gasteiger partial charge in [-0.25, -0.2) is 19.2 Å². The Morgan fingerprint density at radius 3 is 1.27 bits per heavy atom. The van der Waals surface area contributed by atoms with Crippen LogP contribution >= 0.6 is 0 Å². The quantitative estimate of drug-likeness (QED) is 0.122. The number of amides is 2. The highest BCUT2D eigenvalue weighted by Gasteiger charge is 2.32. The standard InChI is InChI=1S/C24H44N2O9Si2/c1-11-25(33-21(27)19(3)4)23(29)31-15-13-17-36(7,8)35-37(9,10)18-14-16-32-24(30)26(12-2)34-22(28)20(5)6/h3,5,11-18H2,1-2,4,6-10H3. The number of carbonyl (C=O) groups excluding carboxylic acids is 4. The molecule has 0 saturated heterocycles. The van der Waals surface area contributed by atoms with Gasteiger partial charge in [0.1, 0.15) is 0 Å². The van der Waals surface area contributed by atoms with Crippen LogP contribution in [0.2, 0.25) is 38.3 Å². The lowest BCUT2D eigenvalue weighted by atomic mass is 10.4. The summed E-state index contributed by atoms with van der Waals surface area (Å²) in [6.45, 7) is 22.5. The zero-order chi connectivity index (χ0) is 28.8. The van der Waals surface area contributed by atoms with Crippen molar-refractivity contribution >= 4 is 40.8 Å². The van der Waals surface area contributed by atoms with E-state index in [1.54, 1.807) is 13.8 Å². The Morgan fingerprint density at radius 2 is 1.00 bits per heavy atom. The highest BCUT2D eigenvalue weighted by atomic mass is 28.4. The molecule has 0 aromatic carbocycles. The van der Waals surface area contributed by atoms with Gasteiger partial charge < -0.3 is 23.3 Å². The molecule has 0 fully saturated rings. The van der Waals surface area contributed by atoms with E-state index in [0.29, 0.717) is 12.8 Å². The molecule has 212 valence electrons. The number of hydrogen-bond donors (Lipinski definition) is 0. The molecule has 0 radical (unpaired) electrons. The molecule has 2 amide bonds. The van der Waals surface area contributed by atoms with Gasteiger partial charge in [0.05, 0.1) is 26.3 Å². The minimum Gasteiger partial charge on any atom is -0.455 e. The average molecular weight is 561 g/mol. The van der Waals surface area contributed by atoms with Crippen LogP contribution in [0.25, 0.3) is 0 Å². The zero-order valence-corrected chi connectivity index (χ0v) is 25.6. The molecule has 0 aromatic heterocycles. The predicted molar refractivity (Wildman–Crippen MR) is 144 cm³/mol. The molecule has 0 atom stereocenters. The maximum Gasteiger partial charge on any atom is 0.443 e. The summed E-state index contributed by atoms with van der Waals surface area (Å²) in [4.78, 5) is 57.4. The molecular weight excluding hydrogens is 516 g/mol. The van der Waals surface area contributed by atoms with Crippen molar-refractivity contribution in [3.8, 4) is 0 Å². The third kappa shape index (κ3) is 14.6. The van der Waals surface area contributed by atoms with Gasteiger partial charge in [0.25, 0.3) is 0 Å². The fraction of sp³-hybridized carbons (Fsp3) is 0.667. The maximum atomic E-state index is 12.1. The predicted octanol–water partition coefficient (Wildman–Crippen LogP) is 5.18. The van der Waals surface area contributed by atoms with E-state index in [2.05, 4.69) is 39.3 Å². The van der Waals surface area contributed by atoms with Gasteiger partial charge >= 0.3 is 24.1 Å². The van der Waals surface area contributed by atoms with Gasteiger partial charge in [-0.05, 0) is 78.8 Å². The molecule has 0 rings (SSSR count). The van der Waals surface area contributed by atoms with Crippen molar-refractivity contribution in [2.24, 2.45) is 0 Å². The summed E-state index contributed by atoms with van der Waals surface area (Å²) in [5.74, 6) is -1.37. The molecule has 11 nitrogen and oxygen atoms in total. The molecule has 0 saturated carbocycles. The molecule has 0 spiro atoms. The van der Waals surface area contributed by atoms with Gasteiger partial charge in [0.15, 0.2) is 16.6 Å². The topological polar surface area (TPSA) is 121 Å². The summed E-state index contributed by atoms with van der Waals surface area (Å²) in [6, 6.07) is 1.56. The van der Waals surface area contributed by atoms with Gasteiger partial charge in [-0.1, -0.05) is 13.2 Å². The minimum absolute atomic E-state index is 0.159. The van der Waals surface area contributed by atoms with Crippen molar-refractivity contribution in [1.82, 2.24) is 10.1 Å². The lowest BCUT2D eigenvalue weighted by Gasteiger charge is -2.34. The molecule has 0 aliphatic rings. The summed E-state index contributed by atoms with van der Waals surface area (Å²) >= 11 is 0. The molecular formula is C24H44N2O9Si2. The Hall–Kier alpha value is -2.65. The fourth-order valence-electron chi connectivity index (χ4n) is 3.13. The molecule has 0 unspecified atom stereocenters. The van der Waals surface area contributed by atoms with Gasteiger partial charge in [0, 0.05) is 11.1 Å². The lowest BCUT2D eigenvalue weighted by Crippen LogP contribution is -2.44. The van der Waals surface area contributed by atoms with E-state index in [0.717, 1.165) is 22.2 Å². The number of carbonyl (C=O) groups is 4. The number of rotatable bonds is 14. The first-order valence-corrected chi connectivity index (χ1v) is 18.6. The highest BCUT2D eigenvalue weighted by Crippen LogP contribution is 2.24. The number of hydroxylamine groups is 4. The molecule has 0 aliphatic carbocycles. The smallest absolute Gasteiger partial charge is 0.443 e. The molecule has 13 heteroatoms. The molecule has 0 aromatic rings. The van der Waals surface area contributed by atoms with Crippen molar-refractivity contribution in [1.29, 1.82) is 0 Å². The monoisotopic (exact) mass is 560 g/mol. The van der Waals surface area contributed by atoms with Crippen LogP contribution in [0.5, 0.6) is 0 Å². The van der Waals surface area contributed by atoms with Crippen molar-refractivity contribution in [2.75, 3.05) is 26.3 Å². The van der Waals surface area contributed by atoms with Crippen LogP contribution in [0.1, 0.15) is 40.5 Å². The number of hydrogen-bond acceptors (Lipinski definition) is 9. The third-order valence-electron chi connectivity index (χ3n) is 4.91. The Kier molecular flexibility index (Phi) is 15.1. The Balaban J connectivity index is 4.46. The van der Waals surface area contributed by atoms with Crippen LogP contribution in [-0.2, 0) is 32.9 Å². The first kappa shape index (κ1) is 34.4. The SMILES string of the molecule is C=C(C)C(=O)ON(CC)C(=O)OCCC[Si](C)(C)O[Si](C)(C)CCCOC(=O)N(CC)OC(=O)C(=C)C. The Labute approximate surface area is 222 Å². The summed E-state index contributed by atoms with van der Waals surface area (Å²) in [6.07, 6.45) is -0.209. The molecule has 0 N–H and O–H groups in total. The molecule has 0 bridgehead atoms. The zero-order valence-electron chi connectivity index (χ0n) is 23.6. The van der Waals surface area contributed by atoms with E-state index in [1.807, 2.05) is 0 Å². The van der Waals surface area contributed by atoms with E-state index in [9.17, 15) is 19.2 Å². The van der Waals surface area contributed by atoms with Crippen molar-refractivity contribution in [2.45, 2.75) is 78.8 Å². The average Bonchev–Trinajstić information content (AvgIpc) is 2.79. The van der Waals surface area contributed by atoms with Gasteiger partial charge in [0.2, 0.25) is 0 Å². The van der Waals surface area contributed by atoms with Crippen LogP contribution in [-0.4, -0.2) is 77.2 Å². The first-order valence-electron chi connectivity index (χ1n) is 12.4. The fourth-order valence-corrected chi connectivity index (χ4v) is 11.9. The van der Waals surface area contributed by atoms with Crippen LogP contribution in [0.4, 0.5) is 9.59 Å². The molecule has 0 aliphatic heterocycles. The van der Waals surface area contributed by atoms with Crippen LogP contribution in [0, 0.1) is 0 Å². The van der Waals surface area contributed by atoms with Gasteiger partial charge in [-0.3, -0.25) is 0 Å². The second-order valence-electron chi connectivity index (χ2n) is 9.76. The van der Waals surface area contributed by atoms with Gasteiger partial charge in [-0.15, -0.1) is 10.1 Å². The van der Waals surface area contributed by atoms with E-state index >= 15 is 0 Å². The second kappa shape index (κ2) is 16.2. The number of nitrogens with zero attached hydrogens (tertiary/aromatic N) is 2. The van der Waals surface area contributed by atoms with Crippen LogP contribution in [0.15, 0.2) is 24.3 Å². The Morgan fingerprint density at radius 1 is 0.676 bits per heavy atom. The van der Waals surface area contributed by atoms with Crippen LogP contribution in [0.3, 0.4) is 0 Å². The summed E-state index contributed by atoms with van der Waals surface area (Å²) in [5, 5.41) is 1.73. The Bertz CT molecular complexity index is 765. The summed E-state index contributed by atoms with van der Waals surface area (Å²) < 4.78 is 17.0. The molecule has 0 heterocycles. The second-order valence-corrected chi connectivity index (χ2v) is 18.6. The summed E-state index contributed by atoms with van der Waals surface area (Å²) in [5.41, 5.74) is 0.376. The van der Waals surface area contributed by atoms with Gasteiger partial charge in [-0.2, -0.15) is 0 Å². The first-order chi connectivity index (χ1) is 17.0. The third-order valence-corrected chi connectivity index (χ3v) is 12.5. The van der Waals surface area contributed by atoms with Crippen molar-refractivity contribution in [3.63, 3.8) is 0 Å². The van der Waals surface area contributed by atoms with Crippen molar-refractivity contribution in [3.05, 3.63) is 24.3 Å². The number of ether oxygens (including phenoxy) is 2. The largest absolute Gasteiger partial charge is 0.455 e. The van der Waals surface area contributed by atoms with Crippen LogP contribution < -0.4 is 0 Å². The van der Waals surface area contributed by atoms with E-state index < -0.39 is 40.8 Å². The minimum atomic E-state index is -2.04. The normalized spacial score (nSPS) is 11.2.